The summed E-state index contributed by atoms with van der Waals surface area (Å²) in [5.74, 6) is 0.896. The maximum Gasteiger partial charge on any atom is 0.133 e. The van der Waals surface area contributed by atoms with E-state index in [1.54, 1.807) is 0 Å². The molecule has 0 spiro atoms. The van der Waals surface area contributed by atoms with Crippen LogP contribution in [0.2, 0.25) is 0 Å². The van der Waals surface area contributed by atoms with Gasteiger partial charge in [-0.3, -0.25) is 0 Å². The molecule has 0 heterocycles. The van der Waals surface area contributed by atoms with Gasteiger partial charge in [0.15, 0.2) is 0 Å². The monoisotopic (exact) mass is 271 g/mol. The van der Waals surface area contributed by atoms with E-state index in [0.717, 1.165) is 35.2 Å². The number of benzene rings is 1. The van der Waals surface area contributed by atoms with Crippen molar-refractivity contribution >= 4 is 15.9 Å². The van der Waals surface area contributed by atoms with Gasteiger partial charge in [0.1, 0.15) is 5.75 Å². The van der Waals surface area contributed by atoms with Gasteiger partial charge in [0, 0.05) is 6.04 Å². The molecule has 0 saturated carbocycles. The summed E-state index contributed by atoms with van der Waals surface area (Å²) in [7, 11) is 0. The van der Waals surface area contributed by atoms with Gasteiger partial charge < -0.3 is 10.5 Å². The topological polar surface area (TPSA) is 35.2 Å². The molecule has 1 atom stereocenters. The Hall–Kier alpha value is -0.540. The fourth-order valence-electron chi connectivity index (χ4n) is 1.24. The van der Waals surface area contributed by atoms with E-state index in [1.807, 2.05) is 25.1 Å². The summed E-state index contributed by atoms with van der Waals surface area (Å²) in [6.45, 7) is 4.89. The molecule has 0 radical (unpaired) electrons. The Morgan fingerprint density at radius 2 is 2.20 bits per heavy atom. The lowest BCUT2D eigenvalue weighted by Gasteiger charge is -2.11. The van der Waals surface area contributed by atoms with Gasteiger partial charge in [-0.2, -0.15) is 0 Å². The molecule has 0 aliphatic rings. The second-order valence-electron chi connectivity index (χ2n) is 3.68. The maximum absolute atomic E-state index is 5.79. The fourth-order valence-corrected chi connectivity index (χ4v) is 1.75. The second kappa shape index (κ2) is 6.13. The summed E-state index contributed by atoms with van der Waals surface area (Å²) in [6, 6.07) is 6.06. The van der Waals surface area contributed by atoms with Crippen LogP contribution in [0.3, 0.4) is 0 Å². The number of ether oxygens (including phenoxy) is 1. The number of hydrogen-bond acceptors (Lipinski definition) is 2. The Bertz CT molecular complexity index is 312. The number of halogens is 1. The van der Waals surface area contributed by atoms with Crippen LogP contribution in [0.15, 0.2) is 22.7 Å². The predicted octanol–water partition coefficient (Wildman–Crippen LogP) is 3.65. The van der Waals surface area contributed by atoms with Gasteiger partial charge in [-0.25, -0.2) is 0 Å². The Morgan fingerprint density at radius 3 is 2.73 bits per heavy atom. The van der Waals surface area contributed by atoms with Gasteiger partial charge in [0.2, 0.25) is 0 Å². The van der Waals surface area contributed by atoms with Crippen LogP contribution in [0, 0.1) is 0 Å². The molecule has 0 aromatic heterocycles. The Labute approximate surface area is 99.9 Å². The molecule has 3 heteroatoms. The van der Waals surface area contributed by atoms with Crippen LogP contribution in [0.4, 0.5) is 0 Å². The minimum Gasteiger partial charge on any atom is -0.492 e. The smallest absolute Gasteiger partial charge is 0.133 e. The molecule has 0 aliphatic carbocycles. The Balaban J connectivity index is 2.66. The van der Waals surface area contributed by atoms with E-state index in [2.05, 4.69) is 22.9 Å². The van der Waals surface area contributed by atoms with Crippen LogP contribution in [0.25, 0.3) is 0 Å². The van der Waals surface area contributed by atoms with Crippen LogP contribution in [0.1, 0.15) is 38.3 Å². The predicted molar refractivity (Wildman–Crippen MR) is 67.1 cm³/mol. The van der Waals surface area contributed by atoms with Gasteiger partial charge in [0.05, 0.1) is 11.1 Å². The van der Waals surface area contributed by atoms with Crippen molar-refractivity contribution in [3.05, 3.63) is 28.2 Å². The van der Waals surface area contributed by atoms with Crippen molar-refractivity contribution in [1.82, 2.24) is 0 Å². The molecule has 0 unspecified atom stereocenters. The maximum atomic E-state index is 5.79. The first-order valence-corrected chi connectivity index (χ1v) is 6.12. The van der Waals surface area contributed by atoms with Crippen molar-refractivity contribution in [3.8, 4) is 5.75 Å². The van der Waals surface area contributed by atoms with Crippen molar-refractivity contribution in [3.63, 3.8) is 0 Å². The largest absolute Gasteiger partial charge is 0.492 e. The van der Waals surface area contributed by atoms with Gasteiger partial charge in [-0.05, 0) is 47.0 Å². The van der Waals surface area contributed by atoms with Crippen LogP contribution in [0.5, 0.6) is 5.75 Å². The molecule has 0 amide bonds. The van der Waals surface area contributed by atoms with Gasteiger partial charge >= 0.3 is 0 Å². The quantitative estimate of drug-likeness (QED) is 0.830. The summed E-state index contributed by atoms with van der Waals surface area (Å²) in [5, 5.41) is 0. The van der Waals surface area contributed by atoms with Crippen molar-refractivity contribution in [2.45, 2.75) is 32.7 Å². The molecule has 2 nitrogen and oxygen atoms in total. The normalized spacial score (nSPS) is 12.5. The number of rotatable bonds is 5. The van der Waals surface area contributed by atoms with E-state index in [1.165, 1.54) is 0 Å². The summed E-state index contributed by atoms with van der Waals surface area (Å²) >= 11 is 3.49. The first-order chi connectivity index (χ1) is 7.15. The summed E-state index contributed by atoms with van der Waals surface area (Å²) in [4.78, 5) is 0. The number of unbranched alkanes of at least 4 members (excludes halogenated alkanes) is 1. The van der Waals surface area contributed by atoms with Crippen LogP contribution in [-0.4, -0.2) is 6.61 Å². The molecule has 15 heavy (non-hydrogen) atoms. The highest BCUT2D eigenvalue weighted by Gasteiger charge is 2.04. The molecule has 0 aliphatic heterocycles. The van der Waals surface area contributed by atoms with Crippen LogP contribution in [-0.2, 0) is 0 Å². The summed E-state index contributed by atoms with van der Waals surface area (Å²) in [5.41, 5.74) is 6.91. The van der Waals surface area contributed by atoms with E-state index < -0.39 is 0 Å². The molecule has 1 rings (SSSR count). The third kappa shape index (κ3) is 3.84. The highest BCUT2D eigenvalue weighted by molar-refractivity contribution is 9.10. The number of hydrogen-bond donors (Lipinski definition) is 1. The van der Waals surface area contributed by atoms with Crippen molar-refractivity contribution in [1.29, 1.82) is 0 Å². The highest BCUT2D eigenvalue weighted by Crippen LogP contribution is 2.27. The third-order valence-electron chi connectivity index (χ3n) is 2.24. The molecule has 0 bridgehead atoms. The average Bonchev–Trinajstić information content (AvgIpc) is 2.20. The van der Waals surface area contributed by atoms with Gasteiger partial charge in [-0.1, -0.05) is 19.4 Å². The minimum atomic E-state index is 0.0611. The molecule has 0 fully saturated rings. The Morgan fingerprint density at radius 1 is 1.47 bits per heavy atom. The fraction of sp³-hybridized carbons (Fsp3) is 0.500. The summed E-state index contributed by atoms with van der Waals surface area (Å²) in [6.07, 6.45) is 2.23. The lowest BCUT2D eigenvalue weighted by Crippen LogP contribution is -2.05. The zero-order valence-electron chi connectivity index (χ0n) is 9.29. The minimum absolute atomic E-state index is 0.0611. The Kier molecular flexibility index (Phi) is 5.12. The van der Waals surface area contributed by atoms with Gasteiger partial charge in [0.25, 0.3) is 0 Å². The van der Waals surface area contributed by atoms with E-state index >= 15 is 0 Å². The SMILES string of the molecule is CCCCOc1ccc([C@@H](C)N)cc1Br. The third-order valence-corrected chi connectivity index (χ3v) is 2.86. The zero-order valence-corrected chi connectivity index (χ0v) is 10.9. The second-order valence-corrected chi connectivity index (χ2v) is 4.53. The van der Waals surface area contributed by atoms with Crippen LogP contribution >= 0.6 is 15.9 Å². The summed E-state index contributed by atoms with van der Waals surface area (Å²) < 4.78 is 6.60. The number of nitrogens with two attached hydrogens (primary N) is 1. The van der Waals surface area contributed by atoms with E-state index in [9.17, 15) is 0 Å². The molecule has 0 saturated heterocycles. The molecule has 1 aromatic rings. The van der Waals surface area contributed by atoms with Crippen LogP contribution < -0.4 is 10.5 Å². The molecule has 84 valence electrons. The van der Waals surface area contributed by atoms with Crippen molar-refractivity contribution in [2.75, 3.05) is 6.61 Å². The zero-order chi connectivity index (χ0) is 11.3. The van der Waals surface area contributed by atoms with Crippen molar-refractivity contribution < 1.29 is 4.74 Å². The van der Waals surface area contributed by atoms with Gasteiger partial charge in [-0.15, -0.1) is 0 Å². The standard InChI is InChI=1S/C12H18BrNO/c1-3-4-7-15-12-6-5-10(9(2)14)8-11(12)13/h5-6,8-9H,3-4,7,14H2,1-2H3/t9-/m1/s1. The lowest BCUT2D eigenvalue weighted by atomic mass is 10.1. The first-order valence-electron chi connectivity index (χ1n) is 5.33. The molecule has 1 aromatic carbocycles. The van der Waals surface area contributed by atoms with E-state index in [-0.39, 0.29) is 6.04 Å². The molecular formula is C12H18BrNO. The van der Waals surface area contributed by atoms with E-state index in [4.69, 9.17) is 10.5 Å². The van der Waals surface area contributed by atoms with Crippen molar-refractivity contribution in [2.24, 2.45) is 5.73 Å². The lowest BCUT2D eigenvalue weighted by molar-refractivity contribution is 0.307. The van der Waals surface area contributed by atoms with E-state index in [0.29, 0.717) is 0 Å². The first kappa shape index (κ1) is 12.5. The molecule has 2 N–H and O–H groups in total. The molecular weight excluding hydrogens is 254 g/mol. The average molecular weight is 272 g/mol. The highest BCUT2D eigenvalue weighted by atomic mass is 79.9.